The molecule has 2 amide bonds. The van der Waals surface area contributed by atoms with Crippen LogP contribution in [0.2, 0.25) is 0 Å². The number of benzene rings is 2. The van der Waals surface area contributed by atoms with Crippen LogP contribution in [0.25, 0.3) is 0 Å². The van der Waals surface area contributed by atoms with Crippen molar-refractivity contribution >= 4 is 17.5 Å². The van der Waals surface area contributed by atoms with Crippen LogP contribution in [0.1, 0.15) is 30.9 Å². The molecule has 0 N–H and O–H groups in total. The van der Waals surface area contributed by atoms with E-state index >= 15 is 0 Å². The lowest BCUT2D eigenvalue weighted by atomic mass is 9.91. The van der Waals surface area contributed by atoms with Gasteiger partial charge in [-0.15, -0.1) is 0 Å². The highest BCUT2D eigenvalue weighted by atomic mass is 16.5. The molecule has 3 heterocycles. The highest BCUT2D eigenvalue weighted by molar-refractivity contribution is 5.97. The first-order valence-electron chi connectivity index (χ1n) is 11.7. The summed E-state index contributed by atoms with van der Waals surface area (Å²) in [6.07, 6.45) is 3.04. The van der Waals surface area contributed by atoms with Crippen molar-refractivity contribution in [2.45, 2.75) is 32.6 Å². The van der Waals surface area contributed by atoms with E-state index in [-0.39, 0.29) is 23.7 Å². The summed E-state index contributed by atoms with van der Waals surface area (Å²) >= 11 is 0. The van der Waals surface area contributed by atoms with Gasteiger partial charge in [-0.2, -0.15) is 0 Å². The average molecular weight is 435 g/mol. The molecule has 6 nitrogen and oxygen atoms in total. The van der Waals surface area contributed by atoms with Crippen LogP contribution in [0.5, 0.6) is 11.5 Å². The lowest BCUT2D eigenvalue weighted by Crippen LogP contribution is -2.47. The molecule has 0 radical (unpaired) electrons. The molecule has 1 unspecified atom stereocenters. The number of nitrogens with zero attached hydrogens (tertiary/aromatic N) is 2. The van der Waals surface area contributed by atoms with E-state index < -0.39 is 0 Å². The number of likely N-dealkylation sites (tertiary alicyclic amines) is 1. The van der Waals surface area contributed by atoms with Crippen LogP contribution in [-0.2, 0) is 22.4 Å². The molecule has 1 atom stereocenters. The lowest BCUT2D eigenvalue weighted by Gasteiger charge is -2.36. The lowest BCUT2D eigenvalue weighted by molar-refractivity contribution is -0.140. The monoisotopic (exact) mass is 434 g/mol. The topological polar surface area (TPSA) is 59.1 Å². The first kappa shape index (κ1) is 20.9. The Hall–Kier alpha value is -3.02. The number of carbonyl (C=O) groups excluding carboxylic acids is 2. The summed E-state index contributed by atoms with van der Waals surface area (Å²) in [6, 6.07) is 14.0. The van der Waals surface area contributed by atoms with Crippen molar-refractivity contribution < 1.29 is 19.1 Å². The summed E-state index contributed by atoms with van der Waals surface area (Å²) in [7, 11) is 0. The highest BCUT2D eigenvalue weighted by Crippen LogP contribution is 2.33. The van der Waals surface area contributed by atoms with Gasteiger partial charge in [0.05, 0.1) is 12.5 Å². The van der Waals surface area contributed by atoms with Gasteiger partial charge in [-0.3, -0.25) is 9.59 Å². The van der Waals surface area contributed by atoms with Crippen molar-refractivity contribution in [1.29, 1.82) is 0 Å². The average Bonchev–Trinajstić information content (AvgIpc) is 3.27. The third-order valence-electron chi connectivity index (χ3n) is 6.91. The van der Waals surface area contributed by atoms with E-state index in [2.05, 4.69) is 6.07 Å². The number of anilines is 1. The van der Waals surface area contributed by atoms with Crippen LogP contribution in [0, 0.1) is 11.8 Å². The molecule has 3 aliphatic rings. The van der Waals surface area contributed by atoms with Crippen LogP contribution in [-0.4, -0.2) is 49.6 Å². The summed E-state index contributed by atoms with van der Waals surface area (Å²) in [5.41, 5.74) is 3.33. The Labute approximate surface area is 189 Å². The highest BCUT2D eigenvalue weighted by Gasteiger charge is 2.36. The predicted octanol–water partition coefficient (Wildman–Crippen LogP) is 3.46. The summed E-state index contributed by atoms with van der Waals surface area (Å²) in [4.78, 5) is 30.2. The van der Waals surface area contributed by atoms with Gasteiger partial charge in [0.25, 0.3) is 0 Å². The Balaban J connectivity index is 1.18. The van der Waals surface area contributed by atoms with Crippen LogP contribution >= 0.6 is 0 Å². The largest absolute Gasteiger partial charge is 0.494 e. The van der Waals surface area contributed by atoms with E-state index in [0.29, 0.717) is 32.7 Å². The second kappa shape index (κ2) is 8.85. The summed E-state index contributed by atoms with van der Waals surface area (Å²) in [5, 5.41) is 0. The first-order valence-corrected chi connectivity index (χ1v) is 11.7. The molecule has 5 rings (SSSR count). The maximum Gasteiger partial charge on any atom is 0.230 e. The first-order chi connectivity index (χ1) is 15.6. The Morgan fingerprint density at radius 2 is 1.81 bits per heavy atom. The molecular weight excluding hydrogens is 404 g/mol. The number of piperidine rings is 1. The van der Waals surface area contributed by atoms with Gasteiger partial charge in [0.1, 0.15) is 18.1 Å². The second-order valence-electron chi connectivity index (χ2n) is 8.88. The van der Waals surface area contributed by atoms with Crippen molar-refractivity contribution in [3.05, 3.63) is 53.6 Å². The minimum Gasteiger partial charge on any atom is -0.494 e. The standard InChI is InChI=1S/C26H30N2O4/c1-2-31-22-7-8-24-20(16-22)15-21(17-32-24)25(29)27-12-9-19(10-13-27)26(30)28-14-11-18-5-3-4-6-23(18)28/h3-8,16,19,21H,2,9-15,17H2,1H3. The molecule has 3 aliphatic heterocycles. The van der Waals surface area contributed by atoms with Crippen molar-refractivity contribution in [2.24, 2.45) is 11.8 Å². The van der Waals surface area contributed by atoms with E-state index in [1.807, 2.05) is 53.1 Å². The zero-order valence-electron chi connectivity index (χ0n) is 18.6. The molecule has 2 aromatic rings. The van der Waals surface area contributed by atoms with E-state index in [1.165, 1.54) is 5.56 Å². The van der Waals surface area contributed by atoms with Gasteiger partial charge in [-0.25, -0.2) is 0 Å². The smallest absolute Gasteiger partial charge is 0.230 e. The van der Waals surface area contributed by atoms with Gasteiger partial charge in [0.15, 0.2) is 0 Å². The molecule has 0 spiro atoms. The number of amides is 2. The maximum atomic E-state index is 13.2. The number of carbonyl (C=O) groups is 2. The van der Waals surface area contributed by atoms with Crippen molar-refractivity contribution in [3.63, 3.8) is 0 Å². The fourth-order valence-electron chi connectivity index (χ4n) is 5.18. The van der Waals surface area contributed by atoms with Crippen molar-refractivity contribution in [3.8, 4) is 11.5 Å². The Bertz CT molecular complexity index is 1010. The molecule has 32 heavy (non-hydrogen) atoms. The minimum absolute atomic E-state index is 0.0118. The summed E-state index contributed by atoms with van der Waals surface area (Å²) in [6.45, 7) is 5.00. The minimum atomic E-state index is -0.183. The Morgan fingerprint density at radius 3 is 2.62 bits per heavy atom. The molecule has 1 saturated heterocycles. The molecule has 0 aliphatic carbocycles. The fourth-order valence-corrected chi connectivity index (χ4v) is 5.18. The number of hydrogen-bond donors (Lipinski definition) is 0. The number of ether oxygens (including phenoxy) is 2. The van der Waals surface area contributed by atoms with Crippen LogP contribution in [0.15, 0.2) is 42.5 Å². The number of hydrogen-bond acceptors (Lipinski definition) is 4. The van der Waals surface area contributed by atoms with Crippen molar-refractivity contribution in [1.82, 2.24) is 4.90 Å². The Morgan fingerprint density at radius 1 is 1.00 bits per heavy atom. The molecule has 0 aromatic heterocycles. The molecule has 0 bridgehead atoms. The summed E-state index contributed by atoms with van der Waals surface area (Å²) in [5.74, 6) is 1.80. The summed E-state index contributed by atoms with van der Waals surface area (Å²) < 4.78 is 11.5. The number of fused-ring (bicyclic) bond motifs is 2. The van der Waals surface area contributed by atoms with Crippen molar-refractivity contribution in [2.75, 3.05) is 37.7 Å². The maximum absolute atomic E-state index is 13.2. The van der Waals surface area contributed by atoms with Gasteiger partial charge in [-0.1, -0.05) is 18.2 Å². The van der Waals surface area contributed by atoms with Gasteiger partial charge >= 0.3 is 0 Å². The van der Waals surface area contributed by atoms with E-state index in [1.54, 1.807) is 0 Å². The van der Waals surface area contributed by atoms with E-state index in [4.69, 9.17) is 9.47 Å². The normalized spacial score (nSPS) is 20.3. The number of rotatable bonds is 4. The zero-order valence-corrected chi connectivity index (χ0v) is 18.6. The molecule has 6 heteroatoms. The zero-order chi connectivity index (χ0) is 22.1. The third-order valence-corrected chi connectivity index (χ3v) is 6.91. The number of para-hydroxylation sites is 1. The molecule has 0 saturated carbocycles. The van der Waals surface area contributed by atoms with Gasteiger partial charge < -0.3 is 19.3 Å². The molecule has 1 fully saturated rings. The SMILES string of the molecule is CCOc1ccc2c(c1)CC(C(=O)N1CCC(C(=O)N3CCc4ccccc43)CC1)CO2. The third kappa shape index (κ3) is 3.94. The molecular formula is C26H30N2O4. The Kier molecular flexibility index (Phi) is 5.77. The van der Waals surface area contributed by atoms with Crippen LogP contribution in [0.3, 0.4) is 0 Å². The predicted molar refractivity (Wildman–Crippen MR) is 122 cm³/mol. The van der Waals surface area contributed by atoms with Gasteiger partial charge in [0.2, 0.25) is 11.8 Å². The van der Waals surface area contributed by atoms with E-state index in [0.717, 1.165) is 48.6 Å². The van der Waals surface area contributed by atoms with Crippen LogP contribution < -0.4 is 14.4 Å². The van der Waals surface area contributed by atoms with E-state index in [9.17, 15) is 9.59 Å². The quantitative estimate of drug-likeness (QED) is 0.740. The van der Waals surface area contributed by atoms with Crippen LogP contribution in [0.4, 0.5) is 5.69 Å². The second-order valence-corrected chi connectivity index (χ2v) is 8.88. The van der Waals surface area contributed by atoms with Gasteiger partial charge in [-0.05, 0) is 68.0 Å². The van der Waals surface area contributed by atoms with Gasteiger partial charge in [0, 0.05) is 31.2 Å². The molecule has 168 valence electrons. The molecule has 2 aromatic carbocycles. The fraction of sp³-hybridized carbons (Fsp3) is 0.462.